The average molecular weight is 298 g/mol. The Morgan fingerprint density at radius 3 is 2.62 bits per heavy atom. The van der Waals surface area contributed by atoms with Crippen LogP contribution in [0.1, 0.15) is 29.2 Å². The Morgan fingerprint density at radius 2 is 2.05 bits per heavy atom. The number of aryl methyl sites for hydroxylation is 2. The van der Waals surface area contributed by atoms with Gasteiger partial charge in [0.1, 0.15) is 0 Å². The van der Waals surface area contributed by atoms with E-state index in [1.807, 2.05) is 6.20 Å². The minimum Gasteiger partial charge on any atom is -0.276 e. The van der Waals surface area contributed by atoms with E-state index < -0.39 is 17.8 Å². The second-order valence-corrected chi connectivity index (χ2v) is 4.87. The molecule has 2 rings (SSSR count). The van der Waals surface area contributed by atoms with E-state index in [-0.39, 0.29) is 5.56 Å². The summed E-state index contributed by atoms with van der Waals surface area (Å²) in [7, 11) is 1.79. The van der Waals surface area contributed by atoms with Gasteiger partial charge in [-0.25, -0.2) is 0 Å². The summed E-state index contributed by atoms with van der Waals surface area (Å²) >= 11 is 0. The molecule has 0 aliphatic carbocycles. The standard InChI is InChI=1S/C14H17F3N4/c1-21-9-10(8-19-21)6-7-13(20-18)11-4-2-3-5-12(11)14(15,16)17/h2-5,8-9,13,20H,6-7,18H2,1H3. The molecule has 0 aliphatic rings. The lowest BCUT2D eigenvalue weighted by Crippen LogP contribution is -2.30. The van der Waals surface area contributed by atoms with Crippen molar-refractivity contribution in [1.82, 2.24) is 15.2 Å². The van der Waals surface area contributed by atoms with Crippen molar-refractivity contribution >= 4 is 0 Å². The van der Waals surface area contributed by atoms with Crippen LogP contribution in [0.25, 0.3) is 0 Å². The fourth-order valence-corrected chi connectivity index (χ4v) is 2.30. The third kappa shape index (κ3) is 3.83. The number of nitrogens with two attached hydrogens (primary N) is 1. The van der Waals surface area contributed by atoms with E-state index in [4.69, 9.17) is 5.84 Å². The molecule has 4 nitrogen and oxygen atoms in total. The minimum absolute atomic E-state index is 0.163. The molecule has 1 aromatic carbocycles. The molecule has 3 N–H and O–H groups in total. The third-order valence-corrected chi connectivity index (χ3v) is 3.32. The summed E-state index contributed by atoms with van der Waals surface area (Å²) in [4.78, 5) is 0. The van der Waals surface area contributed by atoms with Gasteiger partial charge in [0.2, 0.25) is 0 Å². The highest BCUT2D eigenvalue weighted by Gasteiger charge is 2.34. The molecule has 114 valence electrons. The average Bonchev–Trinajstić information content (AvgIpc) is 2.85. The number of hydrogen-bond donors (Lipinski definition) is 2. The molecule has 0 spiro atoms. The lowest BCUT2D eigenvalue weighted by Gasteiger charge is -2.20. The summed E-state index contributed by atoms with van der Waals surface area (Å²) in [6.07, 6.45) is 0.191. The Labute approximate surface area is 120 Å². The molecule has 1 atom stereocenters. The van der Waals surface area contributed by atoms with Gasteiger partial charge in [-0.05, 0) is 30.0 Å². The van der Waals surface area contributed by atoms with Crippen LogP contribution in [0.3, 0.4) is 0 Å². The maximum absolute atomic E-state index is 13.0. The van der Waals surface area contributed by atoms with Crippen LogP contribution in [0, 0.1) is 0 Å². The molecule has 0 aliphatic heterocycles. The van der Waals surface area contributed by atoms with E-state index >= 15 is 0 Å². The summed E-state index contributed by atoms with van der Waals surface area (Å²) in [5.74, 6) is 5.45. The van der Waals surface area contributed by atoms with Gasteiger partial charge in [-0.1, -0.05) is 18.2 Å². The zero-order chi connectivity index (χ0) is 15.5. The highest BCUT2D eigenvalue weighted by Crippen LogP contribution is 2.35. The zero-order valence-electron chi connectivity index (χ0n) is 11.6. The van der Waals surface area contributed by atoms with E-state index in [9.17, 15) is 13.2 Å². The van der Waals surface area contributed by atoms with Crippen LogP contribution in [0.4, 0.5) is 13.2 Å². The van der Waals surface area contributed by atoms with Crippen molar-refractivity contribution in [1.29, 1.82) is 0 Å². The second kappa shape index (κ2) is 6.28. The number of halogens is 3. The van der Waals surface area contributed by atoms with Crippen molar-refractivity contribution in [3.63, 3.8) is 0 Å². The highest BCUT2D eigenvalue weighted by atomic mass is 19.4. The number of hydrazine groups is 1. The van der Waals surface area contributed by atoms with Crippen molar-refractivity contribution < 1.29 is 13.2 Å². The summed E-state index contributed by atoms with van der Waals surface area (Å²) < 4.78 is 40.7. The Balaban J connectivity index is 2.18. The molecule has 1 heterocycles. The molecule has 7 heteroatoms. The summed E-state index contributed by atoms with van der Waals surface area (Å²) in [6.45, 7) is 0. The monoisotopic (exact) mass is 298 g/mol. The third-order valence-electron chi connectivity index (χ3n) is 3.32. The molecule has 1 unspecified atom stereocenters. The molecule has 0 saturated heterocycles. The van der Waals surface area contributed by atoms with Gasteiger partial charge in [-0.15, -0.1) is 0 Å². The largest absolute Gasteiger partial charge is 0.416 e. The van der Waals surface area contributed by atoms with Crippen LogP contribution < -0.4 is 11.3 Å². The molecule has 0 amide bonds. The molecule has 1 aromatic heterocycles. The molecule has 2 aromatic rings. The van der Waals surface area contributed by atoms with Crippen LogP contribution in [-0.4, -0.2) is 9.78 Å². The number of benzene rings is 1. The Bertz CT molecular complexity index is 592. The van der Waals surface area contributed by atoms with Crippen molar-refractivity contribution in [2.45, 2.75) is 25.1 Å². The van der Waals surface area contributed by atoms with Crippen molar-refractivity contribution in [2.24, 2.45) is 12.9 Å². The maximum atomic E-state index is 13.0. The van der Waals surface area contributed by atoms with Crippen LogP contribution in [0.2, 0.25) is 0 Å². The SMILES string of the molecule is Cn1cc(CCC(NN)c2ccccc2C(F)(F)F)cn1. The van der Waals surface area contributed by atoms with Crippen molar-refractivity contribution in [3.8, 4) is 0 Å². The number of nitrogens with one attached hydrogen (secondary N) is 1. The van der Waals surface area contributed by atoms with Gasteiger partial charge >= 0.3 is 6.18 Å². The van der Waals surface area contributed by atoms with Crippen LogP contribution in [0.5, 0.6) is 0 Å². The lowest BCUT2D eigenvalue weighted by atomic mass is 9.96. The molecular formula is C14H17F3N4. The van der Waals surface area contributed by atoms with Gasteiger partial charge in [-0.2, -0.15) is 18.3 Å². The fourth-order valence-electron chi connectivity index (χ4n) is 2.30. The van der Waals surface area contributed by atoms with Gasteiger partial charge in [0.15, 0.2) is 0 Å². The van der Waals surface area contributed by atoms with E-state index in [2.05, 4.69) is 10.5 Å². The molecular weight excluding hydrogens is 281 g/mol. The molecule has 21 heavy (non-hydrogen) atoms. The fraction of sp³-hybridized carbons (Fsp3) is 0.357. The number of rotatable bonds is 5. The zero-order valence-corrected chi connectivity index (χ0v) is 11.6. The first-order valence-electron chi connectivity index (χ1n) is 6.51. The van der Waals surface area contributed by atoms with Gasteiger partial charge in [-0.3, -0.25) is 16.0 Å². The number of aromatic nitrogens is 2. The molecule has 0 radical (unpaired) electrons. The lowest BCUT2D eigenvalue weighted by molar-refractivity contribution is -0.138. The smallest absolute Gasteiger partial charge is 0.276 e. The Morgan fingerprint density at radius 1 is 1.33 bits per heavy atom. The maximum Gasteiger partial charge on any atom is 0.416 e. The van der Waals surface area contributed by atoms with E-state index in [0.717, 1.165) is 11.6 Å². The molecule has 0 fully saturated rings. The predicted molar refractivity (Wildman–Crippen MR) is 73.0 cm³/mol. The number of alkyl halides is 3. The van der Waals surface area contributed by atoms with Crippen molar-refractivity contribution in [3.05, 3.63) is 53.3 Å². The first-order chi connectivity index (χ1) is 9.91. The number of hydrogen-bond acceptors (Lipinski definition) is 3. The van der Waals surface area contributed by atoms with E-state index in [1.165, 1.54) is 12.1 Å². The first-order valence-corrected chi connectivity index (χ1v) is 6.51. The first kappa shape index (κ1) is 15.5. The van der Waals surface area contributed by atoms with Gasteiger partial charge in [0.05, 0.1) is 11.8 Å². The molecule has 0 bridgehead atoms. The Hall–Kier alpha value is -1.86. The van der Waals surface area contributed by atoms with Crippen LogP contribution in [0.15, 0.2) is 36.7 Å². The number of nitrogens with zero attached hydrogens (tertiary/aromatic N) is 2. The normalized spacial score (nSPS) is 13.4. The second-order valence-electron chi connectivity index (χ2n) is 4.87. The molecule has 0 saturated carbocycles. The van der Waals surface area contributed by atoms with E-state index in [0.29, 0.717) is 12.8 Å². The van der Waals surface area contributed by atoms with Crippen LogP contribution in [-0.2, 0) is 19.6 Å². The predicted octanol–water partition coefficient (Wildman–Crippen LogP) is 2.58. The summed E-state index contributed by atoms with van der Waals surface area (Å²) in [5.41, 5.74) is 2.95. The van der Waals surface area contributed by atoms with E-state index in [1.54, 1.807) is 24.0 Å². The minimum atomic E-state index is -4.39. The van der Waals surface area contributed by atoms with Crippen LogP contribution >= 0.6 is 0 Å². The Kier molecular flexibility index (Phi) is 4.64. The quantitative estimate of drug-likeness (QED) is 0.659. The van der Waals surface area contributed by atoms with Gasteiger partial charge in [0, 0.05) is 19.3 Å². The topological polar surface area (TPSA) is 55.9 Å². The summed E-state index contributed by atoms with van der Waals surface area (Å²) in [5, 5.41) is 4.03. The van der Waals surface area contributed by atoms with Crippen molar-refractivity contribution in [2.75, 3.05) is 0 Å². The summed E-state index contributed by atoms with van der Waals surface area (Å²) in [6, 6.07) is 4.92. The highest BCUT2D eigenvalue weighted by molar-refractivity contribution is 5.32. The van der Waals surface area contributed by atoms with Gasteiger partial charge in [0.25, 0.3) is 0 Å². The van der Waals surface area contributed by atoms with Gasteiger partial charge < -0.3 is 0 Å².